The van der Waals surface area contributed by atoms with E-state index < -0.39 is 0 Å². The van der Waals surface area contributed by atoms with Crippen molar-refractivity contribution in [3.8, 4) is 11.5 Å². The number of nitrogens with two attached hydrogens (primary N) is 1. The first kappa shape index (κ1) is 12.0. The van der Waals surface area contributed by atoms with Crippen molar-refractivity contribution in [3.63, 3.8) is 0 Å². The lowest BCUT2D eigenvalue weighted by molar-refractivity contribution is 0.768. The molecule has 7 heteroatoms. The minimum Gasteiger partial charge on any atom is -0.355 e. The van der Waals surface area contributed by atoms with E-state index in [2.05, 4.69) is 27.4 Å². The van der Waals surface area contributed by atoms with Gasteiger partial charge >= 0.3 is 0 Å². The first-order chi connectivity index (χ1) is 8.30. The Labute approximate surface area is 104 Å². The minimum absolute atomic E-state index is 0.463. The van der Waals surface area contributed by atoms with Crippen LogP contribution in [-0.4, -0.2) is 26.3 Å². The molecular weight excluding hydrogens is 236 g/mol. The summed E-state index contributed by atoms with van der Waals surface area (Å²) < 4.78 is 2.01. The molecule has 0 saturated carbocycles. The second-order valence-corrected chi connectivity index (χ2v) is 4.40. The van der Waals surface area contributed by atoms with Crippen molar-refractivity contribution in [3.05, 3.63) is 10.4 Å². The lowest BCUT2D eigenvalue weighted by Crippen LogP contribution is -2.07. The third-order valence-corrected chi connectivity index (χ3v) is 3.23. The van der Waals surface area contributed by atoms with Crippen molar-refractivity contribution in [1.82, 2.24) is 19.7 Å². The number of thiazole rings is 1. The number of anilines is 1. The predicted octanol–water partition coefficient (Wildman–Crippen LogP) is 1.31. The highest BCUT2D eigenvalue weighted by molar-refractivity contribution is 7.09. The van der Waals surface area contributed by atoms with Crippen LogP contribution < -0.4 is 11.1 Å². The molecule has 0 fully saturated rings. The fraction of sp³-hybridized carbons (Fsp3) is 0.500. The van der Waals surface area contributed by atoms with Gasteiger partial charge in [-0.15, -0.1) is 21.5 Å². The van der Waals surface area contributed by atoms with E-state index in [1.807, 2.05) is 16.9 Å². The molecule has 2 rings (SSSR count). The van der Waals surface area contributed by atoms with Gasteiger partial charge in [0.05, 0.1) is 0 Å². The highest BCUT2D eigenvalue weighted by atomic mass is 32.1. The van der Waals surface area contributed by atoms with Gasteiger partial charge in [-0.1, -0.05) is 0 Å². The highest BCUT2D eigenvalue weighted by Gasteiger charge is 2.14. The van der Waals surface area contributed by atoms with Gasteiger partial charge in [-0.3, -0.25) is 4.57 Å². The van der Waals surface area contributed by atoms with Crippen LogP contribution >= 0.6 is 11.3 Å². The topological polar surface area (TPSA) is 81.7 Å². The van der Waals surface area contributed by atoms with E-state index in [1.165, 1.54) is 0 Å². The van der Waals surface area contributed by atoms with Crippen LogP contribution in [0.5, 0.6) is 0 Å². The summed E-state index contributed by atoms with van der Waals surface area (Å²) in [6, 6.07) is 0. The Bertz CT molecular complexity index is 489. The molecule has 0 atom stereocenters. The molecule has 3 N–H and O–H groups in total. The van der Waals surface area contributed by atoms with Crippen LogP contribution in [0.4, 0.5) is 5.95 Å². The highest BCUT2D eigenvalue weighted by Crippen LogP contribution is 2.22. The second-order valence-electron chi connectivity index (χ2n) is 3.45. The molecular formula is C10H16N6S. The quantitative estimate of drug-likeness (QED) is 0.838. The van der Waals surface area contributed by atoms with Gasteiger partial charge in [0, 0.05) is 25.0 Å². The Hall–Kier alpha value is -1.47. The average molecular weight is 252 g/mol. The van der Waals surface area contributed by atoms with Gasteiger partial charge in [0.15, 0.2) is 5.82 Å². The molecule has 2 aromatic rings. The zero-order valence-corrected chi connectivity index (χ0v) is 10.8. The van der Waals surface area contributed by atoms with E-state index in [0.717, 1.165) is 35.6 Å². The molecule has 2 aromatic heterocycles. The zero-order valence-electron chi connectivity index (χ0n) is 9.97. The average Bonchev–Trinajstić information content (AvgIpc) is 2.94. The summed E-state index contributed by atoms with van der Waals surface area (Å²) in [6.07, 6.45) is 0. The molecule has 17 heavy (non-hydrogen) atoms. The van der Waals surface area contributed by atoms with Crippen molar-refractivity contribution in [2.24, 2.45) is 5.73 Å². The Morgan fingerprint density at radius 1 is 1.41 bits per heavy atom. The Morgan fingerprint density at radius 2 is 2.24 bits per heavy atom. The number of nitrogens with one attached hydrogen (secondary N) is 1. The van der Waals surface area contributed by atoms with Gasteiger partial charge in [-0.25, -0.2) is 4.98 Å². The molecule has 0 aliphatic heterocycles. The molecule has 0 aliphatic carbocycles. The van der Waals surface area contributed by atoms with Gasteiger partial charge in [0.1, 0.15) is 10.7 Å². The number of hydrogen-bond donors (Lipinski definition) is 2. The maximum absolute atomic E-state index is 5.56. The predicted molar refractivity (Wildman–Crippen MR) is 68.9 cm³/mol. The van der Waals surface area contributed by atoms with E-state index in [0.29, 0.717) is 6.54 Å². The first-order valence-corrected chi connectivity index (χ1v) is 6.50. The second kappa shape index (κ2) is 5.24. The normalized spacial score (nSPS) is 10.8. The van der Waals surface area contributed by atoms with Crippen LogP contribution in [0.1, 0.15) is 18.9 Å². The van der Waals surface area contributed by atoms with E-state index >= 15 is 0 Å². The first-order valence-electron chi connectivity index (χ1n) is 5.62. The number of hydrogen-bond acceptors (Lipinski definition) is 6. The molecule has 2 heterocycles. The van der Waals surface area contributed by atoms with Gasteiger partial charge in [-0.2, -0.15) is 0 Å². The maximum Gasteiger partial charge on any atom is 0.224 e. The molecule has 0 unspecified atom stereocenters. The smallest absolute Gasteiger partial charge is 0.224 e. The number of nitrogens with zero attached hydrogens (tertiary/aromatic N) is 4. The maximum atomic E-state index is 5.56. The molecule has 0 bridgehead atoms. The summed E-state index contributed by atoms with van der Waals surface area (Å²) in [5, 5.41) is 14.4. The van der Waals surface area contributed by atoms with Crippen molar-refractivity contribution >= 4 is 17.3 Å². The standard InChI is InChI=1S/C10H16N6S/c1-3-12-10-15-14-9(16(10)4-2)7-6-17-8(5-11)13-7/h6H,3-5,11H2,1-2H3,(H,12,15). The van der Waals surface area contributed by atoms with E-state index in [9.17, 15) is 0 Å². The van der Waals surface area contributed by atoms with Crippen LogP contribution in [0.15, 0.2) is 5.38 Å². The van der Waals surface area contributed by atoms with Gasteiger partial charge in [0.2, 0.25) is 5.95 Å². The van der Waals surface area contributed by atoms with E-state index in [-0.39, 0.29) is 0 Å². The largest absolute Gasteiger partial charge is 0.355 e. The van der Waals surface area contributed by atoms with Crippen molar-refractivity contribution in [2.45, 2.75) is 26.9 Å². The molecule has 0 amide bonds. The fourth-order valence-corrected chi connectivity index (χ4v) is 2.24. The molecule has 6 nitrogen and oxygen atoms in total. The third kappa shape index (κ3) is 2.29. The molecule has 0 radical (unpaired) electrons. The van der Waals surface area contributed by atoms with Crippen LogP contribution in [0, 0.1) is 0 Å². The molecule has 0 aromatic carbocycles. The van der Waals surface area contributed by atoms with Crippen LogP contribution in [-0.2, 0) is 13.1 Å². The van der Waals surface area contributed by atoms with Crippen LogP contribution in [0.3, 0.4) is 0 Å². The molecule has 92 valence electrons. The summed E-state index contributed by atoms with van der Waals surface area (Å²) in [4.78, 5) is 4.42. The van der Waals surface area contributed by atoms with E-state index in [4.69, 9.17) is 5.73 Å². The lowest BCUT2D eigenvalue weighted by atomic mass is 10.4. The molecule has 0 aliphatic rings. The number of aromatic nitrogens is 4. The Balaban J connectivity index is 2.37. The summed E-state index contributed by atoms with van der Waals surface area (Å²) in [6.45, 7) is 6.18. The van der Waals surface area contributed by atoms with Crippen LogP contribution in [0.2, 0.25) is 0 Å². The summed E-state index contributed by atoms with van der Waals surface area (Å²) in [7, 11) is 0. The van der Waals surface area contributed by atoms with Crippen molar-refractivity contribution in [2.75, 3.05) is 11.9 Å². The number of rotatable bonds is 5. The summed E-state index contributed by atoms with van der Waals surface area (Å²) in [5.74, 6) is 1.58. The van der Waals surface area contributed by atoms with Crippen LogP contribution in [0.25, 0.3) is 11.5 Å². The fourth-order valence-electron chi connectivity index (χ4n) is 1.59. The van der Waals surface area contributed by atoms with Crippen molar-refractivity contribution in [1.29, 1.82) is 0 Å². The molecule has 0 saturated heterocycles. The zero-order chi connectivity index (χ0) is 12.3. The Morgan fingerprint density at radius 3 is 2.82 bits per heavy atom. The van der Waals surface area contributed by atoms with Gasteiger partial charge in [0.25, 0.3) is 0 Å². The SMILES string of the molecule is CCNc1nnc(-c2csc(CN)n2)n1CC. The van der Waals surface area contributed by atoms with Gasteiger partial charge < -0.3 is 11.1 Å². The third-order valence-electron chi connectivity index (χ3n) is 2.36. The van der Waals surface area contributed by atoms with Crippen molar-refractivity contribution < 1.29 is 0 Å². The minimum atomic E-state index is 0.463. The van der Waals surface area contributed by atoms with E-state index in [1.54, 1.807) is 11.3 Å². The Kier molecular flexibility index (Phi) is 3.70. The lowest BCUT2D eigenvalue weighted by Gasteiger charge is -2.06. The van der Waals surface area contributed by atoms with Gasteiger partial charge in [-0.05, 0) is 13.8 Å². The monoisotopic (exact) mass is 252 g/mol. The molecule has 0 spiro atoms. The summed E-state index contributed by atoms with van der Waals surface area (Å²) >= 11 is 1.55. The summed E-state index contributed by atoms with van der Waals surface area (Å²) in [5.41, 5.74) is 6.40.